The van der Waals surface area contributed by atoms with E-state index in [1.54, 1.807) is 0 Å². The summed E-state index contributed by atoms with van der Waals surface area (Å²) in [6.07, 6.45) is -0.806. The number of nitrogens with zero attached hydrogens (tertiary/aromatic N) is 1. The lowest BCUT2D eigenvalue weighted by molar-refractivity contribution is -0.138. The third-order valence-electron chi connectivity index (χ3n) is 1.53. The molecular weight excluding hydrogens is 218 g/mol. The summed E-state index contributed by atoms with van der Waals surface area (Å²) in [5.41, 5.74) is -0.176. The summed E-state index contributed by atoms with van der Waals surface area (Å²) < 4.78 is 18.3. The second-order valence-electron chi connectivity index (χ2n) is 2.60. The van der Waals surface area contributed by atoms with Crippen molar-refractivity contribution in [3.8, 4) is 0 Å². The largest absolute Gasteiger partial charge is 0.464 e. The molecule has 7 nitrogen and oxygen atoms in total. The number of hydrogen-bond donors (Lipinski definition) is 0. The lowest BCUT2D eigenvalue weighted by atomic mass is 10.4. The van der Waals surface area contributed by atoms with Crippen molar-refractivity contribution in [3.63, 3.8) is 0 Å². The monoisotopic (exact) mass is 233 g/mol. The van der Waals surface area contributed by atoms with Gasteiger partial charge in [-0.3, -0.25) is 0 Å². The molecule has 0 fully saturated rings. The van der Waals surface area contributed by atoms with E-state index in [4.69, 9.17) is 4.74 Å². The fourth-order valence-electron chi connectivity index (χ4n) is 0.785. The number of methoxy groups -OCH3 is 3. The smallest absolute Gasteiger partial charge is 0.418 e. The second kappa shape index (κ2) is 7.66. The predicted molar refractivity (Wildman–Crippen MR) is 53.2 cm³/mol. The van der Waals surface area contributed by atoms with Crippen LogP contribution in [0.25, 0.3) is 0 Å². The van der Waals surface area contributed by atoms with E-state index in [0.717, 1.165) is 4.90 Å². The fraction of sp³-hybridized carbons (Fsp3) is 0.556. The molecular formula is C9H15NO6. The zero-order chi connectivity index (χ0) is 12.6. The molecule has 0 unspecified atom stereocenters. The lowest BCUT2D eigenvalue weighted by Crippen LogP contribution is -2.36. The Morgan fingerprint density at radius 2 is 1.81 bits per heavy atom. The Labute approximate surface area is 93.5 Å². The van der Waals surface area contributed by atoms with Crippen LogP contribution in [0.4, 0.5) is 4.79 Å². The molecule has 0 spiro atoms. The fourth-order valence-corrected chi connectivity index (χ4v) is 0.785. The third-order valence-corrected chi connectivity index (χ3v) is 1.53. The zero-order valence-corrected chi connectivity index (χ0v) is 9.52. The van der Waals surface area contributed by atoms with Crippen LogP contribution < -0.4 is 0 Å². The van der Waals surface area contributed by atoms with Gasteiger partial charge < -0.3 is 18.9 Å². The molecule has 0 saturated carbocycles. The van der Waals surface area contributed by atoms with Gasteiger partial charge >= 0.3 is 12.1 Å². The molecule has 0 aliphatic carbocycles. The average Bonchev–Trinajstić information content (AvgIpc) is 2.30. The molecule has 16 heavy (non-hydrogen) atoms. The Morgan fingerprint density at radius 1 is 1.19 bits per heavy atom. The van der Waals surface area contributed by atoms with E-state index < -0.39 is 12.1 Å². The molecule has 0 atom stereocenters. The van der Waals surface area contributed by atoms with Crippen molar-refractivity contribution >= 4 is 12.1 Å². The highest BCUT2D eigenvalue weighted by Crippen LogP contribution is 2.06. The molecule has 0 aliphatic heterocycles. The molecule has 0 heterocycles. The normalized spacial score (nSPS) is 9.44. The van der Waals surface area contributed by atoms with Gasteiger partial charge in [-0.15, -0.1) is 0 Å². The van der Waals surface area contributed by atoms with Gasteiger partial charge in [0.15, 0.2) is 6.79 Å². The van der Waals surface area contributed by atoms with Crippen molar-refractivity contribution in [2.24, 2.45) is 0 Å². The van der Waals surface area contributed by atoms with Crippen LogP contribution in [0.3, 0.4) is 0 Å². The van der Waals surface area contributed by atoms with E-state index in [1.807, 2.05) is 0 Å². The number of hydrogen-bond acceptors (Lipinski definition) is 6. The average molecular weight is 233 g/mol. The minimum atomic E-state index is -0.806. The first-order valence-corrected chi connectivity index (χ1v) is 4.27. The van der Waals surface area contributed by atoms with Crippen LogP contribution in [0.2, 0.25) is 0 Å². The molecule has 0 bridgehead atoms. The SMILES string of the molecule is C=C(C(=O)OC)N(COC)C(=O)OCOC. The van der Waals surface area contributed by atoms with Crippen molar-refractivity contribution in [3.05, 3.63) is 12.3 Å². The Bertz CT molecular complexity index is 265. The van der Waals surface area contributed by atoms with Gasteiger partial charge in [0.25, 0.3) is 0 Å². The second-order valence-corrected chi connectivity index (χ2v) is 2.60. The Hall–Kier alpha value is -1.60. The molecule has 0 aromatic heterocycles. The summed E-state index contributed by atoms with van der Waals surface area (Å²) in [5, 5.41) is 0. The van der Waals surface area contributed by atoms with Gasteiger partial charge in [-0.25, -0.2) is 14.5 Å². The lowest BCUT2D eigenvalue weighted by Gasteiger charge is -2.21. The first-order valence-electron chi connectivity index (χ1n) is 4.27. The molecule has 0 radical (unpaired) electrons. The quantitative estimate of drug-likeness (QED) is 0.373. The standard InChI is InChI=1S/C9H15NO6/c1-7(8(11)15-4)10(5-13-2)9(12)16-6-14-3/h1,5-6H2,2-4H3. The Kier molecular flexibility index (Phi) is 6.89. The van der Waals surface area contributed by atoms with Crippen molar-refractivity contribution in [2.45, 2.75) is 0 Å². The van der Waals surface area contributed by atoms with E-state index in [2.05, 4.69) is 20.8 Å². The van der Waals surface area contributed by atoms with E-state index in [1.165, 1.54) is 21.3 Å². The number of carbonyl (C=O) groups is 2. The van der Waals surface area contributed by atoms with Crippen LogP contribution in [0.5, 0.6) is 0 Å². The summed E-state index contributed by atoms with van der Waals surface area (Å²) in [5.74, 6) is -0.744. The van der Waals surface area contributed by atoms with Crippen LogP contribution >= 0.6 is 0 Å². The number of esters is 1. The summed E-state index contributed by atoms with van der Waals surface area (Å²) >= 11 is 0. The number of carbonyl (C=O) groups excluding carboxylic acids is 2. The van der Waals surface area contributed by atoms with E-state index >= 15 is 0 Å². The molecule has 0 aromatic carbocycles. The Balaban J connectivity index is 4.52. The minimum absolute atomic E-state index is 0.170. The van der Waals surface area contributed by atoms with E-state index in [-0.39, 0.29) is 19.2 Å². The molecule has 1 amide bonds. The van der Waals surface area contributed by atoms with Gasteiger partial charge in [-0.1, -0.05) is 6.58 Å². The van der Waals surface area contributed by atoms with Gasteiger partial charge in [-0.05, 0) is 0 Å². The highest BCUT2D eigenvalue weighted by atomic mass is 16.7. The van der Waals surface area contributed by atoms with Crippen LogP contribution in [0, 0.1) is 0 Å². The van der Waals surface area contributed by atoms with Crippen LogP contribution in [0.1, 0.15) is 0 Å². The molecule has 7 heteroatoms. The van der Waals surface area contributed by atoms with E-state index in [9.17, 15) is 9.59 Å². The predicted octanol–water partition coefficient (Wildman–Crippen LogP) is 0.319. The van der Waals surface area contributed by atoms with Crippen LogP contribution in [-0.4, -0.2) is 51.8 Å². The van der Waals surface area contributed by atoms with Crippen LogP contribution in [-0.2, 0) is 23.7 Å². The Morgan fingerprint density at radius 3 is 2.25 bits per heavy atom. The van der Waals surface area contributed by atoms with Gasteiger partial charge in [0.2, 0.25) is 0 Å². The first-order chi connectivity index (χ1) is 7.58. The molecule has 0 aromatic rings. The molecule has 0 aliphatic rings. The molecule has 0 saturated heterocycles. The van der Waals surface area contributed by atoms with Gasteiger partial charge in [0.1, 0.15) is 12.4 Å². The summed E-state index contributed by atoms with van der Waals surface area (Å²) in [6.45, 7) is 3.00. The molecule has 0 N–H and O–H groups in total. The summed E-state index contributed by atoms with van der Waals surface area (Å²) in [4.78, 5) is 23.5. The number of ether oxygens (including phenoxy) is 4. The van der Waals surface area contributed by atoms with Crippen molar-refractivity contribution < 1.29 is 28.5 Å². The summed E-state index contributed by atoms with van der Waals surface area (Å²) in [7, 11) is 3.91. The maximum Gasteiger partial charge on any atom is 0.418 e. The topological polar surface area (TPSA) is 74.3 Å². The van der Waals surface area contributed by atoms with Gasteiger partial charge in [0, 0.05) is 14.2 Å². The summed E-state index contributed by atoms with van der Waals surface area (Å²) in [6, 6.07) is 0. The number of amides is 1. The first kappa shape index (κ1) is 14.4. The van der Waals surface area contributed by atoms with Crippen molar-refractivity contribution in [2.75, 3.05) is 34.9 Å². The minimum Gasteiger partial charge on any atom is -0.464 e. The van der Waals surface area contributed by atoms with E-state index in [0.29, 0.717) is 0 Å². The molecule has 92 valence electrons. The van der Waals surface area contributed by atoms with Crippen LogP contribution in [0.15, 0.2) is 12.3 Å². The number of rotatable bonds is 6. The highest BCUT2D eigenvalue weighted by molar-refractivity contribution is 5.91. The van der Waals surface area contributed by atoms with Crippen molar-refractivity contribution in [1.29, 1.82) is 0 Å². The highest BCUT2D eigenvalue weighted by Gasteiger charge is 2.23. The maximum absolute atomic E-state index is 11.4. The third kappa shape index (κ3) is 4.28. The van der Waals surface area contributed by atoms with Gasteiger partial charge in [0.05, 0.1) is 7.11 Å². The maximum atomic E-state index is 11.4. The van der Waals surface area contributed by atoms with Gasteiger partial charge in [-0.2, -0.15) is 0 Å². The zero-order valence-electron chi connectivity index (χ0n) is 9.52. The molecule has 0 rings (SSSR count). The van der Waals surface area contributed by atoms with Crippen molar-refractivity contribution in [1.82, 2.24) is 4.90 Å².